The maximum atomic E-state index is 2.38. The van der Waals surface area contributed by atoms with Crippen LogP contribution in [0.1, 0.15) is 63.5 Å². The molecule has 0 amide bonds. The van der Waals surface area contributed by atoms with E-state index in [2.05, 4.69) is 86.7 Å². The third-order valence-electron chi connectivity index (χ3n) is 5.50. The van der Waals surface area contributed by atoms with E-state index in [4.69, 9.17) is 0 Å². The molecule has 2 aromatic carbocycles. The van der Waals surface area contributed by atoms with Gasteiger partial charge in [-0.1, -0.05) is 106 Å². The Hall–Kier alpha value is -2.08. The fraction of sp³-hybridized carbons (Fsp3) is 0.360. The van der Waals surface area contributed by atoms with E-state index in [-0.39, 0.29) is 5.41 Å². The predicted octanol–water partition coefficient (Wildman–Crippen LogP) is 7.22. The van der Waals surface area contributed by atoms with Gasteiger partial charge in [0.15, 0.2) is 0 Å². The molecule has 25 heavy (non-hydrogen) atoms. The molecule has 1 aliphatic carbocycles. The highest BCUT2D eigenvalue weighted by Gasteiger charge is 2.38. The number of allylic oxidation sites excluding steroid dienone is 4. The summed E-state index contributed by atoms with van der Waals surface area (Å²) in [5.41, 5.74) is 6.09. The molecular formula is C25H30. The molecule has 0 nitrogen and oxygen atoms in total. The Labute approximate surface area is 153 Å². The van der Waals surface area contributed by atoms with E-state index in [0.29, 0.717) is 0 Å². The lowest BCUT2D eigenvalue weighted by atomic mass is 9.64. The van der Waals surface area contributed by atoms with Crippen LogP contribution in [0.2, 0.25) is 0 Å². The first-order chi connectivity index (χ1) is 12.3. The van der Waals surface area contributed by atoms with Gasteiger partial charge < -0.3 is 0 Å². The minimum absolute atomic E-state index is 0.00648. The van der Waals surface area contributed by atoms with E-state index in [1.807, 2.05) is 0 Å². The van der Waals surface area contributed by atoms with E-state index in [0.717, 1.165) is 6.42 Å². The summed E-state index contributed by atoms with van der Waals surface area (Å²) in [6, 6.07) is 22.4. The van der Waals surface area contributed by atoms with Crippen molar-refractivity contribution in [3.8, 4) is 0 Å². The van der Waals surface area contributed by atoms with Crippen molar-refractivity contribution in [3.63, 3.8) is 0 Å². The molecule has 0 aromatic heterocycles. The van der Waals surface area contributed by atoms with Gasteiger partial charge in [-0.25, -0.2) is 0 Å². The molecule has 0 heterocycles. The van der Waals surface area contributed by atoms with Gasteiger partial charge >= 0.3 is 0 Å². The molecule has 0 bridgehead atoms. The second kappa shape index (κ2) is 8.34. The van der Waals surface area contributed by atoms with Crippen molar-refractivity contribution in [1.82, 2.24) is 0 Å². The number of unbranched alkanes of at least 4 members (excludes halogenated alkanes) is 1. The summed E-state index contributed by atoms with van der Waals surface area (Å²) in [5.74, 6) is 0. The van der Waals surface area contributed by atoms with E-state index in [1.165, 1.54) is 43.2 Å². The van der Waals surface area contributed by atoms with Crippen LogP contribution in [0.15, 0.2) is 84.0 Å². The molecule has 0 unspecified atom stereocenters. The van der Waals surface area contributed by atoms with Gasteiger partial charge in [0.25, 0.3) is 0 Å². The topological polar surface area (TPSA) is 0 Å². The Morgan fingerprint density at radius 2 is 1.40 bits per heavy atom. The summed E-state index contributed by atoms with van der Waals surface area (Å²) in [7, 11) is 0. The molecule has 0 aliphatic heterocycles. The Bertz CT molecular complexity index is 680. The lowest BCUT2D eigenvalue weighted by molar-refractivity contribution is 0.507. The average molecular weight is 331 g/mol. The molecule has 0 heteroatoms. The third-order valence-corrected chi connectivity index (χ3v) is 5.50. The summed E-state index contributed by atoms with van der Waals surface area (Å²) in [5, 5.41) is 0. The Balaban J connectivity index is 2.24. The smallest absolute Gasteiger partial charge is 0.0419 e. The van der Waals surface area contributed by atoms with Crippen LogP contribution in [0.4, 0.5) is 0 Å². The van der Waals surface area contributed by atoms with Crippen molar-refractivity contribution in [2.24, 2.45) is 0 Å². The normalized spacial score (nSPS) is 14.3. The van der Waals surface area contributed by atoms with Crippen molar-refractivity contribution < 1.29 is 0 Å². The van der Waals surface area contributed by atoms with Crippen LogP contribution in [-0.2, 0) is 5.41 Å². The van der Waals surface area contributed by atoms with Crippen LogP contribution in [-0.4, -0.2) is 0 Å². The Kier molecular flexibility index (Phi) is 5.91. The zero-order valence-corrected chi connectivity index (χ0v) is 15.7. The minimum atomic E-state index is 0.00648. The van der Waals surface area contributed by atoms with Gasteiger partial charge in [-0.2, -0.15) is 0 Å². The van der Waals surface area contributed by atoms with Gasteiger partial charge in [-0.05, 0) is 41.5 Å². The highest BCUT2D eigenvalue weighted by molar-refractivity contribution is 5.54. The molecule has 0 saturated carbocycles. The monoisotopic (exact) mass is 330 g/mol. The highest BCUT2D eigenvalue weighted by atomic mass is 14.4. The van der Waals surface area contributed by atoms with E-state index >= 15 is 0 Å². The van der Waals surface area contributed by atoms with Gasteiger partial charge in [0, 0.05) is 5.41 Å². The fourth-order valence-electron chi connectivity index (χ4n) is 4.34. The molecule has 3 rings (SSSR count). The van der Waals surface area contributed by atoms with Gasteiger partial charge in [-0.3, -0.25) is 0 Å². The molecular weight excluding hydrogens is 300 g/mol. The molecule has 1 aliphatic rings. The standard InChI is InChI=1S/C25H30/c1-3-5-20-25(22-15-8-6-9-16-22,23-17-10-7-11-18-23)24-19-12-14-21(24)13-4-2/h6-12,14-18H,3-5,13,19-20H2,1-2H3. The SMILES string of the molecule is CCCCC(C1=C(CCC)C=CC1)(c1ccccc1)c1ccccc1. The van der Waals surface area contributed by atoms with Gasteiger partial charge in [-0.15, -0.1) is 0 Å². The van der Waals surface area contributed by atoms with Crippen LogP contribution < -0.4 is 0 Å². The summed E-state index contributed by atoms with van der Waals surface area (Å²) < 4.78 is 0. The van der Waals surface area contributed by atoms with Crippen LogP contribution in [0.25, 0.3) is 0 Å². The first-order valence-corrected chi connectivity index (χ1v) is 9.83. The fourth-order valence-corrected chi connectivity index (χ4v) is 4.34. The summed E-state index contributed by atoms with van der Waals surface area (Å²) >= 11 is 0. The van der Waals surface area contributed by atoms with Gasteiger partial charge in [0.1, 0.15) is 0 Å². The van der Waals surface area contributed by atoms with Crippen LogP contribution >= 0.6 is 0 Å². The number of hydrogen-bond donors (Lipinski definition) is 0. The Morgan fingerprint density at radius 3 is 1.92 bits per heavy atom. The quantitative estimate of drug-likeness (QED) is 0.479. The average Bonchev–Trinajstić information content (AvgIpc) is 3.13. The molecule has 0 saturated heterocycles. The Morgan fingerprint density at radius 1 is 0.800 bits per heavy atom. The van der Waals surface area contributed by atoms with Crippen LogP contribution in [0.3, 0.4) is 0 Å². The van der Waals surface area contributed by atoms with Crippen molar-refractivity contribution >= 4 is 0 Å². The molecule has 130 valence electrons. The molecule has 0 N–H and O–H groups in total. The maximum absolute atomic E-state index is 2.38. The molecule has 0 atom stereocenters. The zero-order chi connectivity index (χ0) is 17.5. The van der Waals surface area contributed by atoms with E-state index in [9.17, 15) is 0 Å². The van der Waals surface area contributed by atoms with Crippen LogP contribution in [0.5, 0.6) is 0 Å². The van der Waals surface area contributed by atoms with Crippen LogP contribution in [0, 0.1) is 0 Å². The molecule has 0 spiro atoms. The second-order valence-corrected chi connectivity index (χ2v) is 7.10. The second-order valence-electron chi connectivity index (χ2n) is 7.10. The van der Waals surface area contributed by atoms with Crippen molar-refractivity contribution in [2.45, 2.75) is 57.8 Å². The van der Waals surface area contributed by atoms with E-state index in [1.54, 1.807) is 11.1 Å². The summed E-state index contributed by atoms with van der Waals surface area (Å²) in [6.07, 6.45) is 11.9. The lowest BCUT2D eigenvalue weighted by Gasteiger charge is -2.38. The van der Waals surface area contributed by atoms with Gasteiger partial charge in [0.2, 0.25) is 0 Å². The summed E-state index contributed by atoms with van der Waals surface area (Å²) in [4.78, 5) is 0. The van der Waals surface area contributed by atoms with Crippen molar-refractivity contribution in [3.05, 3.63) is 95.1 Å². The predicted molar refractivity (Wildman–Crippen MR) is 109 cm³/mol. The summed E-state index contributed by atoms with van der Waals surface area (Å²) in [6.45, 7) is 4.59. The first kappa shape index (κ1) is 17.7. The molecule has 0 fully saturated rings. The maximum Gasteiger partial charge on any atom is 0.0419 e. The number of hydrogen-bond acceptors (Lipinski definition) is 0. The highest BCUT2D eigenvalue weighted by Crippen LogP contribution is 2.48. The largest absolute Gasteiger partial charge is 0.0801 e. The molecule has 0 radical (unpaired) electrons. The number of benzene rings is 2. The zero-order valence-electron chi connectivity index (χ0n) is 15.7. The first-order valence-electron chi connectivity index (χ1n) is 9.83. The minimum Gasteiger partial charge on any atom is -0.0801 e. The number of rotatable bonds is 8. The van der Waals surface area contributed by atoms with Crippen molar-refractivity contribution in [1.29, 1.82) is 0 Å². The lowest BCUT2D eigenvalue weighted by Crippen LogP contribution is -2.31. The third kappa shape index (κ3) is 3.49. The molecule has 2 aromatic rings. The van der Waals surface area contributed by atoms with Gasteiger partial charge in [0.05, 0.1) is 0 Å². The van der Waals surface area contributed by atoms with E-state index < -0.39 is 0 Å². The van der Waals surface area contributed by atoms with Crippen molar-refractivity contribution in [2.75, 3.05) is 0 Å².